The molecule has 0 bridgehead atoms. The summed E-state index contributed by atoms with van der Waals surface area (Å²) in [7, 11) is 0. The highest BCUT2D eigenvalue weighted by molar-refractivity contribution is 6.14. The van der Waals surface area contributed by atoms with Gasteiger partial charge in [0.2, 0.25) is 5.60 Å². The first-order valence-electron chi connectivity index (χ1n) is 6.14. The molecule has 90 valence electrons. The van der Waals surface area contributed by atoms with Crippen LogP contribution in [0.15, 0.2) is 11.3 Å². The second-order valence-electron chi connectivity index (χ2n) is 4.98. The second kappa shape index (κ2) is 3.52. The van der Waals surface area contributed by atoms with Gasteiger partial charge in [0.15, 0.2) is 17.3 Å². The molecule has 0 saturated heterocycles. The van der Waals surface area contributed by atoms with Gasteiger partial charge in [-0.05, 0) is 12.8 Å². The van der Waals surface area contributed by atoms with Crippen LogP contribution in [0, 0.1) is 0 Å². The third kappa shape index (κ3) is 1.39. The summed E-state index contributed by atoms with van der Waals surface area (Å²) in [5.41, 5.74) is -0.719. The molecule has 1 spiro atoms. The van der Waals surface area contributed by atoms with E-state index in [0.717, 1.165) is 6.42 Å². The van der Waals surface area contributed by atoms with E-state index in [-0.39, 0.29) is 23.8 Å². The first kappa shape index (κ1) is 10.7. The lowest BCUT2D eigenvalue weighted by atomic mass is 9.78. The summed E-state index contributed by atoms with van der Waals surface area (Å²) < 4.78 is 5.65. The van der Waals surface area contributed by atoms with Crippen LogP contribution in [0.3, 0.4) is 0 Å². The van der Waals surface area contributed by atoms with E-state index in [4.69, 9.17) is 4.74 Å². The molecule has 3 aliphatic rings. The number of hydrogen-bond donors (Lipinski definition) is 0. The molecule has 0 amide bonds. The van der Waals surface area contributed by atoms with E-state index in [1.807, 2.05) is 0 Å². The van der Waals surface area contributed by atoms with E-state index >= 15 is 0 Å². The van der Waals surface area contributed by atoms with Gasteiger partial charge in [0.25, 0.3) is 0 Å². The number of Topliss-reactive ketones (excluding diaryl/α,β-unsaturated/α-hetero) is 3. The lowest BCUT2D eigenvalue weighted by molar-refractivity contribution is -0.154. The number of carbonyl (C=O) groups is 3. The first-order chi connectivity index (χ1) is 8.13. The van der Waals surface area contributed by atoms with Crippen LogP contribution < -0.4 is 0 Å². The van der Waals surface area contributed by atoms with Gasteiger partial charge < -0.3 is 4.74 Å². The van der Waals surface area contributed by atoms with Crippen molar-refractivity contribution in [3.63, 3.8) is 0 Å². The molecule has 0 aromatic carbocycles. The van der Waals surface area contributed by atoms with Crippen LogP contribution in [-0.4, -0.2) is 23.0 Å². The van der Waals surface area contributed by atoms with Gasteiger partial charge in [-0.1, -0.05) is 0 Å². The maximum atomic E-state index is 12.0. The highest BCUT2D eigenvalue weighted by Gasteiger charge is 2.55. The van der Waals surface area contributed by atoms with Crippen molar-refractivity contribution in [3.05, 3.63) is 11.3 Å². The number of allylic oxidation sites excluding steroid dienone is 1. The summed E-state index contributed by atoms with van der Waals surface area (Å²) in [6.07, 6.45) is 3.54. The van der Waals surface area contributed by atoms with Crippen molar-refractivity contribution in [3.8, 4) is 0 Å². The van der Waals surface area contributed by atoms with Gasteiger partial charge in [-0.3, -0.25) is 14.4 Å². The second-order valence-corrected chi connectivity index (χ2v) is 4.98. The Bertz CT molecular complexity index is 442. The molecule has 1 fully saturated rings. The Morgan fingerprint density at radius 1 is 0.882 bits per heavy atom. The topological polar surface area (TPSA) is 60.4 Å². The van der Waals surface area contributed by atoms with Crippen molar-refractivity contribution in [2.75, 3.05) is 0 Å². The van der Waals surface area contributed by atoms with Gasteiger partial charge in [0.1, 0.15) is 5.76 Å². The number of rotatable bonds is 0. The van der Waals surface area contributed by atoms with Crippen molar-refractivity contribution in [1.82, 2.24) is 0 Å². The van der Waals surface area contributed by atoms with E-state index in [1.54, 1.807) is 0 Å². The average Bonchev–Trinajstić information content (AvgIpc) is 2.69. The minimum atomic E-state index is -1.32. The van der Waals surface area contributed by atoms with Gasteiger partial charge >= 0.3 is 0 Å². The first-order valence-corrected chi connectivity index (χ1v) is 6.14. The van der Waals surface area contributed by atoms with Crippen molar-refractivity contribution in [1.29, 1.82) is 0 Å². The van der Waals surface area contributed by atoms with Gasteiger partial charge in [0, 0.05) is 37.7 Å². The van der Waals surface area contributed by atoms with Gasteiger partial charge in [-0.25, -0.2) is 0 Å². The van der Waals surface area contributed by atoms with Gasteiger partial charge in [0.05, 0.1) is 0 Å². The minimum Gasteiger partial charge on any atom is -0.475 e. The van der Waals surface area contributed by atoms with Crippen LogP contribution >= 0.6 is 0 Å². The molecule has 0 unspecified atom stereocenters. The van der Waals surface area contributed by atoms with E-state index in [1.165, 1.54) is 0 Å². The summed E-state index contributed by atoms with van der Waals surface area (Å²) in [6.45, 7) is 0. The zero-order valence-electron chi connectivity index (χ0n) is 9.58. The maximum Gasteiger partial charge on any atom is 0.228 e. The van der Waals surface area contributed by atoms with Crippen LogP contribution in [0.1, 0.15) is 44.9 Å². The molecule has 3 rings (SSSR count). The fourth-order valence-electron chi connectivity index (χ4n) is 2.95. The van der Waals surface area contributed by atoms with E-state index < -0.39 is 5.60 Å². The highest BCUT2D eigenvalue weighted by Crippen LogP contribution is 2.43. The smallest absolute Gasteiger partial charge is 0.228 e. The van der Waals surface area contributed by atoms with Crippen LogP contribution in [0.5, 0.6) is 0 Å². The fourth-order valence-corrected chi connectivity index (χ4v) is 2.95. The third-order valence-corrected chi connectivity index (χ3v) is 3.91. The van der Waals surface area contributed by atoms with Crippen LogP contribution in [-0.2, 0) is 19.1 Å². The number of ether oxygens (including phenoxy) is 1. The molecule has 0 aromatic heterocycles. The molecule has 1 saturated carbocycles. The molecule has 1 aliphatic heterocycles. The molecule has 0 radical (unpaired) electrons. The fraction of sp³-hybridized carbons (Fsp3) is 0.615. The summed E-state index contributed by atoms with van der Waals surface area (Å²) >= 11 is 0. The Labute approximate surface area is 99.0 Å². The SMILES string of the molecule is O=C1CCCC2=C1CC1(O2)C(=O)CCCC1=O. The summed E-state index contributed by atoms with van der Waals surface area (Å²) in [4.78, 5) is 35.7. The Morgan fingerprint density at radius 3 is 2.18 bits per heavy atom. The van der Waals surface area contributed by atoms with Gasteiger partial charge in [-0.2, -0.15) is 0 Å². The molecule has 0 atom stereocenters. The average molecular weight is 234 g/mol. The van der Waals surface area contributed by atoms with E-state index in [0.29, 0.717) is 43.4 Å². The predicted octanol–water partition coefficient (Wildman–Crippen LogP) is 1.47. The molecular weight excluding hydrogens is 220 g/mol. The normalized spacial score (nSPS) is 27.4. The molecule has 4 nitrogen and oxygen atoms in total. The largest absolute Gasteiger partial charge is 0.475 e. The summed E-state index contributed by atoms with van der Waals surface area (Å²) in [5, 5.41) is 0. The van der Waals surface area contributed by atoms with E-state index in [9.17, 15) is 14.4 Å². The van der Waals surface area contributed by atoms with Crippen molar-refractivity contribution in [2.45, 2.75) is 50.5 Å². The lowest BCUT2D eigenvalue weighted by Crippen LogP contribution is -2.49. The molecule has 4 heteroatoms. The Hall–Kier alpha value is -1.45. The Morgan fingerprint density at radius 2 is 1.53 bits per heavy atom. The predicted molar refractivity (Wildman–Crippen MR) is 58.2 cm³/mol. The Balaban J connectivity index is 1.96. The monoisotopic (exact) mass is 234 g/mol. The zero-order valence-corrected chi connectivity index (χ0v) is 9.58. The summed E-state index contributed by atoms with van der Waals surface area (Å²) in [6, 6.07) is 0. The standard InChI is InChI=1S/C13H14O4/c14-9-3-1-4-10-8(9)7-13(17-10)11(15)5-2-6-12(13)16/h1-7H2. The maximum absolute atomic E-state index is 12.0. The van der Waals surface area contributed by atoms with Crippen LogP contribution in [0.2, 0.25) is 0 Å². The van der Waals surface area contributed by atoms with Crippen LogP contribution in [0.25, 0.3) is 0 Å². The number of carbonyl (C=O) groups excluding carboxylic acids is 3. The minimum absolute atomic E-state index is 0.0503. The molecule has 2 aliphatic carbocycles. The highest BCUT2D eigenvalue weighted by atomic mass is 16.5. The lowest BCUT2D eigenvalue weighted by Gasteiger charge is -2.30. The molecule has 17 heavy (non-hydrogen) atoms. The van der Waals surface area contributed by atoms with Crippen molar-refractivity contribution >= 4 is 17.3 Å². The summed E-state index contributed by atoms with van der Waals surface area (Å²) in [5.74, 6) is 0.367. The third-order valence-electron chi connectivity index (χ3n) is 3.91. The van der Waals surface area contributed by atoms with Crippen molar-refractivity contribution in [2.24, 2.45) is 0 Å². The number of ketones is 3. The Kier molecular flexibility index (Phi) is 2.21. The van der Waals surface area contributed by atoms with E-state index in [2.05, 4.69) is 0 Å². The number of hydrogen-bond acceptors (Lipinski definition) is 4. The van der Waals surface area contributed by atoms with Crippen LogP contribution in [0.4, 0.5) is 0 Å². The van der Waals surface area contributed by atoms with Gasteiger partial charge in [-0.15, -0.1) is 0 Å². The van der Waals surface area contributed by atoms with Crippen molar-refractivity contribution < 1.29 is 19.1 Å². The zero-order chi connectivity index (χ0) is 12.0. The molecule has 1 heterocycles. The molecule has 0 aromatic rings. The molecular formula is C13H14O4. The molecule has 0 N–H and O–H groups in total. The quantitative estimate of drug-likeness (QED) is 0.595.